The van der Waals surface area contributed by atoms with Crippen molar-refractivity contribution < 1.29 is 14.4 Å². The molecule has 2 heterocycles. The third-order valence-corrected chi connectivity index (χ3v) is 3.91. The lowest BCUT2D eigenvalue weighted by Crippen LogP contribution is -2.36. The van der Waals surface area contributed by atoms with E-state index in [2.05, 4.69) is 5.16 Å². The topological polar surface area (TPSA) is 51.1 Å². The second kappa shape index (κ2) is 4.81. The normalized spacial score (nSPS) is 24.7. The number of oxime groups is 1. The first-order valence-electron chi connectivity index (χ1n) is 6.77. The fourth-order valence-corrected chi connectivity index (χ4v) is 2.93. The van der Waals surface area contributed by atoms with Crippen molar-refractivity contribution in [3.63, 3.8) is 0 Å². The van der Waals surface area contributed by atoms with Crippen molar-refractivity contribution in [2.24, 2.45) is 5.16 Å². The molecule has 1 saturated heterocycles. The van der Waals surface area contributed by atoms with Crippen LogP contribution in [0.5, 0.6) is 5.75 Å². The van der Waals surface area contributed by atoms with Gasteiger partial charge in [-0.1, -0.05) is 17.3 Å². The fourth-order valence-electron chi connectivity index (χ4n) is 2.93. The van der Waals surface area contributed by atoms with E-state index < -0.39 is 0 Å². The summed E-state index contributed by atoms with van der Waals surface area (Å²) in [4.78, 5) is 20.0. The van der Waals surface area contributed by atoms with Crippen LogP contribution in [0.4, 0.5) is 0 Å². The van der Waals surface area contributed by atoms with Gasteiger partial charge in [-0.2, -0.15) is 0 Å². The van der Waals surface area contributed by atoms with E-state index >= 15 is 0 Å². The number of amides is 1. The quantitative estimate of drug-likeness (QED) is 0.829. The Bertz CT molecular complexity index is 570. The molecule has 1 atom stereocenters. The number of ether oxygens (including phenoxy) is 1. The predicted octanol–water partition coefficient (Wildman–Crippen LogP) is 2.08. The summed E-state index contributed by atoms with van der Waals surface area (Å²) in [5.41, 5.74) is 1.29. The predicted molar refractivity (Wildman–Crippen MR) is 75.1 cm³/mol. The fraction of sp³-hybridized carbons (Fsp3) is 0.467. The van der Waals surface area contributed by atoms with Crippen LogP contribution in [0.1, 0.15) is 30.1 Å². The van der Waals surface area contributed by atoms with Crippen LogP contribution in [-0.2, 0) is 4.84 Å². The summed E-state index contributed by atoms with van der Waals surface area (Å²) < 4.78 is 5.26. The molecule has 2 aliphatic rings. The van der Waals surface area contributed by atoms with Crippen LogP contribution in [0.3, 0.4) is 0 Å². The minimum atomic E-state index is -0.304. The van der Waals surface area contributed by atoms with Gasteiger partial charge in [0.1, 0.15) is 5.75 Å². The first-order chi connectivity index (χ1) is 9.63. The molecule has 1 spiro atoms. The molecule has 2 aliphatic heterocycles. The lowest BCUT2D eigenvalue weighted by Gasteiger charge is -2.22. The van der Waals surface area contributed by atoms with Gasteiger partial charge in [-0.3, -0.25) is 4.79 Å². The zero-order valence-electron chi connectivity index (χ0n) is 11.8. The maximum atomic E-state index is 12.6. The van der Waals surface area contributed by atoms with Gasteiger partial charge in [0.05, 0.1) is 24.9 Å². The first-order valence-corrected chi connectivity index (χ1v) is 6.77. The molecule has 0 aromatic heterocycles. The van der Waals surface area contributed by atoms with Crippen LogP contribution in [-0.4, -0.2) is 42.3 Å². The molecule has 0 radical (unpaired) electrons. The highest BCUT2D eigenvalue weighted by atomic mass is 16.7. The molecule has 1 aromatic carbocycles. The number of benzene rings is 1. The smallest absolute Gasteiger partial charge is 0.257 e. The van der Waals surface area contributed by atoms with Gasteiger partial charge in [-0.15, -0.1) is 0 Å². The highest BCUT2D eigenvalue weighted by molar-refractivity contribution is 5.97. The Balaban J connectivity index is 1.76. The number of nitrogens with zero attached hydrogens (tertiary/aromatic N) is 2. The summed E-state index contributed by atoms with van der Waals surface area (Å²) in [6.07, 6.45) is 1.64. The van der Waals surface area contributed by atoms with E-state index in [0.29, 0.717) is 24.4 Å². The molecule has 1 unspecified atom stereocenters. The molecular formula is C15H18N2O3. The zero-order chi connectivity index (χ0) is 14.2. The molecule has 1 amide bonds. The SMILES string of the molecule is COc1ccccc1C(=O)N1CCC2(CC(C)=NO2)C1. The Morgan fingerprint density at radius 1 is 1.45 bits per heavy atom. The van der Waals surface area contributed by atoms with Gasteiger partial charge < -0.3 is 14.5 Å². The highest BCUT2D eigenvalue weighted by Crippen LogP contribution is 2.35. The van der Waals surface area contributed by atoms with Gasteiger partial charge in [-0.05, 0) is 19.1 Å². The van der Waals surface area contributed by atoms with Crippen LogP contribution in [0.15, 0.2) is 29.4 Å². The second-order valence-corrected chi connectivity index (χ2v) is 5.45. The molecule has 106 valence electrons. The molecule has 1 aromatic rings. The van der Waals surface area contributed by atoms with Crippen LogP contribution < -0.4 is 4.74 Å². The van der Waals surface area contributed by atoms with Gasteiger partial charge in [0, 0.05) is 19.4 Å². The van der Waals surface area contributed by atoms with Crippen molar-refractivity contribution in [1.82, 2.24) is 4.90 Å². The molecule has 20 heavy (non-hydrogen) atoms. The van der Waals surface area contributed by atoms with Crippen molar-refractivity contribution >= 4 is 11.6 Å². The summed E-state index contributed by atoms with van der Waals surface area (Å²) in [6, 6.07) is 7.31. The van der Waals surface area contributed by atoms with Crippen molar-refractivity contribution in [3.05, 3.63) is 29.8 Å². The molecule has 0 bridgehead atoms. The van der Waals surface area contributed by atoms with Gasteiger partial charge in [0.15, 0.2) is 5.60 Å². The zero-order valence-corrected chi connectivity index (χ0v) is 11.8. The summed E-state index contributed by atoms with van der Waals surface area (Å²) in [5.74, 6) is 0.602. The van der Waals surface area contributed by atoms with Gasteiger partial charge in [0.25, 0.3) is 5.91 Å². The number of carbonyl (C=O) groups is 1. The molecule has 0 saturated carbocycles. The average molecular weight is 274 g/mol. The Morgan fingerprint density at radius 2 is 2.25 bits per heavy atom. The minimum Gasteiger partial charge on any atom is -0.496 e. The monoisotopic (exact) mass is 274 g/mol. The molecule has 1 fully saturated rings. The number of rotatable bonds is 2. The number of hydrogen-bond donors (Lipinski definition) is 0. The summed E-state index contributed by atoms with van der Waals surface area (Å²) >= 11 is 0. The number of hydrogen-bond acceptors (Lipinski definition) is 4. The van der Waals surface area contributed by atoms with E-state index in [0.717, 1.165) is 18.6 Å². The lowest BCUT2D eigenvalue weighted by molar-refractivity contribution is -0.00919. The van der Waals surface area contributed by atoms with E-state index in [-0.39, 0.29) is 11.5 Å². The Morgan fingerprint density at radius 3 is 2.95 bits per heavy atom. The summed E-state index contributed by atoms with van der Waals surface area (Å²) in [7, 11) is 1.58. The standard InChI is InChI=1S/C15H18N2O3/c1-11-9-15(20-16-11)7-8-17(10-15)14(18)12-5-3-4-6-13(12)19-2/h3-6H,7-10H2,1-2H3. The van der Waals surface area contributed by atoms with Gasteiger partial charge in [0.2, 0.25) is 0 Å². The van der Waals surface area contributed by atoms with Crippen molar-refractivity contribution in [3.8, 4) is 5.75 Å². The molecule has 5 nitrogen and oxygen atoms in total. The third-order valence-electron chi connectivity index (χ3n) is 3.91. The minimum absolute atomic E-state index is 0.00696. The highest BCUT2D eigenvalue weighted by Gasteiger charge is 2.46. The molecular weight excluding hydrogens is 256 g/mol. The maximum absolute atomic E-state index is 12.6. The summed E-state index contributed by atoms with van der Waals surface area (Å²) in [6.45, 7) is 3.24. The van der Waals surface area contributed by atoms with Crippen LogP contribution in [0.25, 0.3) is 0 Å². The van der Waals surface area contributed by atoms with Crippen molar-refractivity contribution in [2.45, 2.75) is 25.4 Å². The van der Waals surface area contributed by atoms with E-state index in [9.17, 15) is 4.79 Å². The maximum Gasteiger partial charge on any atom is 0.257 e. The van der Waals surface area contributed by atoms with E-state index in [4.69, 9.17) is 9.57 Å². The van der Waals surface area contributed by atoms with Crippen LogP contribution in [0, 0.1) is 0 Å². The average Bonchev–Trinajstić information content (AvgIpc) is 3.05. The number of para-hydroxylation sites is 1. The number of methoxy groups -OCH3 is 1. The Labute approximate surface area is 118 Å². The molecule has 3 rings (SSSR count). The first kappa shape index (κ1) is 13.0. The molecule has 0 aliphatic carbocycles. The van der Waals surface area contributed by atoms with Crippen LogP contribution >= 0.6 is 0 Å². The van der Waals surface area contributed by atoms with Gasteiger partial charge >= 0.3 is 0 Å². The van der Waals surface area contributed by atoms with Crippen molar-refractivity contribution in [1.29, 1.82) is 0 Å². The number of carbonyl (C=O) groups excluding carboxylic acids is 1. The van der Waals surface area contributed by atoms with E-state index in [1.165, 1.54) is 0 Å². The number of likely N-dealkylation sites (tertiary alicyclic amines) is 1. The third kappa shape index (κ3) is 2.13. The Kier molecular flexibility index (Phi) is 3.12. The Hall–Kier alpha value is -2.04. The van der Waals surface area contributed by atoms with Crippen LogP contribution in [0.2, 0.25) is 0 Å². The van der Waals surface area contributed by atoms with E-state index in [1.807, 2.05) is 24.0 Å². The van der Waals surface area contributed by atoms with Gasteiger partial charge in [-0.25, -0.2) is 0 Å². The molecule has 5 heteroatoms. The van der Waals surface area contributed by atoms with Crippen molar-refractivity contribution in [2.75, 3.05) is 20.2 Å². The van der Waals surface area contributed by atoms with E-state index in [1.54, 1.807) is 19.2 Å². The molecule has 0 N–H and O–H groups in total. The second-order valence-electron chi connectivity index (χ2n) is 5.45. The largest absolute Gasteiger partial charge is 0.496 e. The summed E-state index contributed by atoms with van der Waals surface area (Å²) in [5, 5.41) is 4.03. The lowest BCUT2D eigenvalue weighted by atomic mass is 9.97.